The lowest BCUT2D eigenvalue weighted by Gasteiger charge is -2.04. The summed E-state index contributed by atoms with van der Waals surface area (Å²) in [6.45, 7) is 0. The van der Waals surface area contributed by atoms with Crippen LogP contribution in [0.15, 0.2) is 24.4 Å². The highest BCUT2D eigenvalue weighted by atomic mass is 19.4. The van der Waals surface area contributed by atoms with Crippen molar-refractivity contribution >= 4 is 5.52 Å². The molecule has 2 heterocycles. The van der Waals surface area contributed by atoms with E-state index in [0.29, 0.717) is 24.1 Å². The average molecular weight is 241 g/mol. The van der Waals surface area contributed by atoms with Gasteiger partial charge in [-0.3, -0.25) is 4.40 Å². The average Bonchev–Trinajstić information content (AvgIpc) is 2.87. The molecule has 1 aliphatic carbocycles. The summed E-state index contributed by atoms with van der Waals surface area (Å²) >= 11 is 0. The van der Waals surface area contributed by atoms with E-state index < -0.39 is 17.5 Å². The molecule has 3 rings (SSSR count). The minimum absolute atomic E-state index is 0.352. The third-order valence-electron chi connectivity index (χ3n) is 3.06. The molecule has 0 radical (unpaired) electrons. The van der Waals surface area contributed by atoms with Crippen molar-refractivity contribution in [3.05, 3.63) is 35.9 Å². The van der Waals surface area contributed by atoms with Gasteiger partial charge < -0.3 is 5.73 Å². The van der Waals surface area contributed by atoms with Gasteiger partial charge in [-0.2, -0.15) is 13.2 Å². The van der Waals surface area contributed by atoms with E-state index in [1.54, 1.807) is 18.2 Å². The number of hydrogen-bond acceptors (Lipinski definition) is 2. The van der Waals surface area contributed by atoms with Crippen molar-refractivity contribution < 1.29 is 13.2 Å². The van der Waals surface area contributed by atoms with Gasteiger partial charge in [-0.15, -0.1) is 0 Å². The van der Waals surface area contributed by atoms with Crippen LogP contribution in [0.4, 0.5) is 13.2 Å². The number of rotatable bonds is 1. The largest absolute Gasteiger partial charge is 0.450 e. The minimum Gasteiger partial charge on any atom is -0.320 e. The second-order valence-corrected chi connectivity index (χ2v) is 4.39. The number of fused-ring (bicyclic) bond motifs is 1. The van der Waals surface area contributed by atoms with E-state index in [1.165, 1.54) is 6.20 Å². The van der Waals surface area contributed by atoms with E-state index in [2.05, 4.69) is 4.98 Å². The van der Waals surface area contributed by atoms with Crippen LogP contribution in [0, 0.1) is 0 Å². The lowest BCUT2D eigenvalue weighted by molar-refractivity contribution is -0.145. The molecule has 1 saturated carbocycles. The highest BCUT2D eigenvalue weighted by molar-refractivity contribution is 5.57. The Kier molecular flexibility index (Phi) is 1.87. The molecular weight excluding hydrogens is 231 g/mol. The Morgan fingerprint density at radius 3 is 2.59 bits per heavy atom. The van der Waals surface area contributed by atoms with Crippen LogP contribution in [0.2, 0.25) is 0 Å². The molecule has 3 nitrogen and oxygen atoms in total. The Labute approximate surface area is 95.1 Å². The summed E-state index contributed by atoms with van der Waals surface area (Å²) in [4.78, 5) is 3.71. The van der Waals surface area contributed by atoms with Crippen molar-refractivity contribution in [1.29, 1.82) is 0 Å². The first kappa shape index (κ1) is 10.6. The van der Waals surface area contributed by atoms with Gasteiger partial charge in [0.1, 0.15) is 0 Å². The van der Waals surface area contributed by atoms with Gasteiger partial charge in [0.05, 0.1) is 16.7 Å². The first-order valence-corrected chi connectivity index (χ1v) is 5.25. The third-order valence-corrected chi connectivity index (χ3v) is 3.06. The molecule has 0 bridgehead atoms. The lowest BCUT2D eigenvalue weighted by atomic mass is 10.2. The van der Waals surface area contributed by atoms with Crippen LogP contribution >= 0.6 is 0 Å². The predicted molar refractivity (Wildman–Crippen MR) is 55.3 cm³/mol. The monoisotopic (exact) mass is 241 g/mol. The summed E-state index contributed by atoms with van der Waals surface area (Å²) in [5.41, 5.74) is 6.07. The summed E-state index contributed by atoms with van der Waals surface area (Å²) in [7, 11) is 0. The number of halogens is 3. The minimum atomic E-state index is -4.46. The number of hydrogen-bond donors (Lipinski definition) is 1. The second-order valence-electron chi connectivity index (χ2n) is 4.39. The molecule has 90 valence electrons. The van der Waals surface area contributed by atoms with E-state index in [9.17, 15) is 13.2 Å². The standard InChI is InChI=1S/C11H10F3N3/c12-11(13,14)9-16-8(10(15)4-5-10)7-3-1-2-6-17(7)9/h1-3,6H,4-5,15H2. The second kappa shape index (κ2) is 3.01. The molecule has 2 aromatic heterocycles. The topological polar surface area (TPSA) is 43.3 Å². The van der Waals surface area contributed by atoms with Crippen LogP contribution in [0.3, 0.4) is 0 Å². The number of imidazole rings is 1. The molecule has 0 unspecified atom stereocenters. The third kappa shape index (κ3) is 1.51. The highest BCUT2D eigenvalue weighted by Gasteiger charge is 2.46. The van der Waals surface area contributed by atoms with Crippen molar-refractivity contribution in [2.75, 3.05) is 0 Å². The number of nitrogens with two attached hydrogens (primary N) is 1. The van der Waals surface area contributed by atoms with E-state index in [4.69, 9.17) is 5.73 Å². The zero-order valence-electron chi connectivity index (χ0n) is 8.83. The van der Waals surface area contributed by atoms with E-state index in [0.717, 1.165) is 4.40 Å². The fourth-order valence-electron chi connectivity index (χ4n) is 1.98. The molecule has 1 aliphatic rings. The molecule has 2 N–H and O–H groups in total. The first-order chi connectivity index (χ1) is 7.92. The zero-order chi connectivity index (χ0) is 12.3. The summed E-state index contributed by atoms with van der Waals surface area (Å²) in [5.74, 6) is -0.903. The van der Waals surface area contributed by atoms with Crippen LogP contribution in [0.5, 0.6) is 0 Å². The van der Waals surface area contributed by atoms with Crippen LogP contribution in [-0.4, -0.2) is 9.38 Å². The van der Waals surface area contributed by atoms with E-state index >= 15 is 0 Å². The number of alkyl halides is 3. The van der Waals surface area contributed by atoms with Gasteiger partial charge in [-0.25, -0.2) is 4.98 Å². The van der Waals surface area contributed by atoms with Crippen LogP contribution in [0.1, 0.15) is 24.4 Å². The summed E-state index contributed by atoms with van der Waals surface area (Å²) in [6, 6.07) is 4.85. The lowest BCUT2D eigenvalue weighted by Crippen LogP contribution is -2.20. The Balaban J connectivity index is 2.31. The molecule has 0 saturated heterocycles. The smallest absolute Gasteiger partial charge is 0.320 e. The molecule has 1 fully saturated rings. The van der Waals surface area contributed by atoms with Gasteiger partial charge in [-0.1, -0.05) is 6.07 Å². The molecule has 0 atom stereocenters. The first-order valence-electron chi connectivity index (χ1n) is 5.25. The number of pyridine rings is 1. The van der Waals surface area contributed by atoms with Crippen molar-refractivity contribution in [1.82, 2.24) is 9.38 Å². The summed E-state index contributed by atoms with van der Waals surface area (Å²) < 4.78 is 39.5. The Hall–Kier alpha value is -1.56. The van der Waals surface area contributed by atoms with Crippen LogP contribution in [0.25, 0.3) is 5.52 Å². The van der Waals surface area contributed by atoms with Crippen molar-refractivity contribution in [3.63, 3.8) is 0 Å². The molecular formula is C11H10F3N3. The summed E-state index contributed by atoms with van der Waals surface area (Å²) in [5, 5.41) is 0. The molecule has 6 heteroatoms. The summed E-state index contributed by atoms with van der Waals surface area (Å²) in [6.07, 6.45) is -1.73. The van der Waals surface area contributed by atoms with E-state index in [-0.39, 0.29) is 0 Å². The van der Waals surface area contributed by atoms with Crippen LogP contribution in [-0.2, 0) is 11.7 Å². The Bertz CT molecular complexity index is 542. The molecule has 2 aromatic rings. The molecule has 0 aromatic carbocycles. The van der Waals surface area contributed by atoms with Crippen molar-refractivity contribution in [2.24, 2.45) is 5.73 Å². The van der Waals surface area contributed by atoms with Crippen molar-refractivity contribution in [3.8, 4) is 0 Å². The molecule has 0 spiro atoms. The fraction of sp³-hybridized carbons (Fsp3) is 0.364. The van der Waals surface area contributed by atoms with Gasteiger partial charge in [0.25, 0.3) is 0 Å². The van der Waals surface area contributed by atoms with E-state index in [1.807, 2.05) is 0 Å². The van der Waals surface area contributed by atoms with Gasteiger partial charge in [0.15, 0.2) is 0 Å². The molecule has 17 heavy (non-hydrogen) atoms. The molecule has 0 amide bonds. The quantitative estimate of drug-likeness (QED) is 0.832. The van der Waals surface area contributed by atoms with Crippen molar-refractivity contribution in [2.45, 2.75) is 24.6 Å². The normalized spacial score (nSPS) is 18.6. The maximum Gasteiger partial charge on any atom is 0.450 e. The Morgan fingerprint density at radius 1 is 1.29 bits per heavy atom. The van der Waals surface area contributed by atoms with Crippen LogP contribution < -0.4 is 5.73 Å². The van der Waals surface area contributed by atoms with Gasteiger partial charge >= 0.3 is 6.18 Å². The van der Waals surface area contributed by atoms with Gasteiger partial charge in [0.2, 0.25) is 5.82 Å². The predicted octanol–water partition coefficient (Wildman–Crippen LogP) is 2.30. The van der Waals surface area contributed by atoms with Gasteiger partial charge in [0, 0.05) is 6.20 Å². The SMILES string of the molecule is NC1(c2nc(C(F)(F)F)n3ccccc23)CC1. The molecule has 0 aliphatic heterocycles. The number of aromatic nitrogens is 2. The maximum absolute atomic E-state index is 12.8. The maximum atomic E-state index is 12.8. The zero-order valence-corrected chi connectivity index (χ0v) is 8.83. The fourth-order valence-corrected chi connectivity index (χ4v) is 1.98. The van der Waals surface area contributed by atoms with Gasteiger partial charge in [-0.05, 0) is 25.0 Å². The Morgan fingerprint density at radius 2 is 2.00 bits per heavy atom. The highest BCUT2D eigenvalue weighted by Crippen LogP contribution is 2.45. The number of nitrogens with zero attached hydrogens (tertiary/aromatic N) is 2.